The molecule has 2 aromatic rings. The van der Waals surface area contributed by atoms with Gasteiger partial charge in [0, 0.05) is 24.4 Å². The summed E-state index contributed by atoms with van der Waals surface area (Å²) in [4.78, 5) is 16.0. The van der Waals surface area contributed by atoms with Crippen molar-refractivity contribution >= 4 is 46.3 Å². The average molecular weight is 316 g/mol. The zero-order chi connectivity index (χ0) is 14.0. The number of anilines is 1. The van der Waals surface area contributed by atoms with Gasteiger partial charge in [0.1, 0.15) is 0 Å². The van der Waals surface area contributed by atoms with Gasteiger partial charge in [-0.15, -0.1) is 0 Å². The molecule has 0 aliphatic carbocycles. The van der Waals surface area contributed by atoms with Crippen molar-refractivity contribution in [1.82, 2.24) is 4.98 Å². The molecule has 0 saturated carbocycles. The van der Waals surface area contributed by atoms with Crippen LogP contribution in [0.1, 0.15) is 15.9 Å². The van der Waals surface area contributed by atoms with Crippen LogP contribution in [0.4, 0.5) is 5.69 Å². The second kappa shape index (κ2) is 5.78. The van der Waals surface area contributed by atoms with Crippen LogP contribution in [-0.4, -0.2) is 10.8 Å². The molecule has 0 saturated heterocycles. The number of aromatic nitrogens is 1. The van der Waals surface area contributed by atoms with Crippen molar-refractivity contribution in [3.05, 3.63) is 56.8 Å². The van der Waals surface area contributed by atoms with E-state index >= 15 is 0 Å². The van der Waals surface area contributed by atoms with Crippen LogP contribution in [0.5, 0.6) is 0 Å². The Morgan fingerprint density at radius 3 is 2.37 bits per heavy atom. The summed E-state index contributed by atoms with van der Waals surface area (Å²) < 4.78 is 0. The molecule has 6 heteroatoms. The standard InChI is InChI=1S/C13H9Cl3N2O/c14-9-3-8(4-10(15)13(9)17)12(19)5-7-1-2-18-6-11(7)16/h1-4,6H,5,17H2. The van der Waals surface area contributed by atoms with E-state index in [9.17, 15) is 4.79 Å². The number of nitrogens with zero attached hydrogens (tertiary/aromatic N) is 1. The number of pyridine rings is 1. The fraction of sp³-hybridized carbons (Fsp3) is 0.0769. The minimum absolute atomic E-state index is 0.142. The number of nitrogen functional groups attached to an aromatic ring is 1. The zero-order valence-corrected chi connectivity index (χ0v) is 11.9. The van der Waals surface area contributed by atoms with E-state index in [0.29, 0.717) is 16.1 Å². The normalized spacial score (nSPS) is 10.5. The number of hydrogen-bond acceptors (Lipinski definition) is 3. The molecule has 0 spiro atoms. The van der Waals surface area contributed by atoms with Gasteiger partial charge in [-0.05, 0) is 23.8 Å². The van der Waals surface area contributed by atoms with Gasteiger partial charge in [0.15, 0.2) is 5.78 Å². The van der Waals surface area contributed by atoms with Gasteiger partial charge in [0.05, 0.1) is 20.8 Å². The summed E-state index contributed by atoms with van der Waals surface area (Å²) in [6.07, 6.45) is 3.22. The van der Waals surface area contributed by atoms with Crippen molar-refractivity contribution in [2.24, 2.45) is 0 Å². The molecule has 1 heterocycles. The largest absolute Gasteiger partial charge is 0.396 e. The van der Waals surface area contributed by atoms with Crippen LogP contribution in [-0.2, 0) is 6.42 Å². The minimum atomic E-state index is -0.142. The quantitative estimate of drug-likeness (QED) is 0.686. The molecule has 0 aliphatic rings. The first-order chi connectivity index (χ1) is 8.99. The number of nitrogens with two attached hydrogens (primary N) is 1. The number of ketones is 1. The first-order valence-electron chi connectivity index (χ1n) is 5.35. The maximum Gasteiger partial charge on any atom is 0.167 e. The van der Waals surface area contributed by atoms with E-state index in [0.717, 1.165) is 0 Å². The SMILES string of the molecule is Nc1c(Cl)cc(C(=O)Cc2ccncc2Cl)cc1Cl. The predicted octanol–water partition coefficient (Wildman–Crippen LogP) is 4.05. The van der Waals surface area contributed by atoms with Crippen LogP contribution in [0, 0.1) is 0 Å². The number of halogens is 3. The van der Waals surface area contributed by atoms with E-state index in [1.807, 2.05) is 0 Å². The molecule has 0 atom stereocenters. The summed E-state index contributed by atoms with van der Waals surface area (Å²) in [6, 6.07) is 4.70. The van der Waals surface area contributed by atoms with Crippen molar-refractivity contribution in [2.75, 3.05) is 5.73 Å². The highest BCUT2D eigenvalue weighted by Gasteiger charge is 2.13. The smallest absolute Gasteiger partial charge is 0.167 e. The lowest BCUT2D eigenvalue weighted by Crippen LogP contribution is -2.05. The second-order valence-corrected chi connectivity index (χ2v) is 5.14. The molecule has 19 heavy (non-hydrogen) atoms. The fourth-order valence-corrected chi connectivity index (χ4v) is 2.24. The molecule has 0 fully saturated rings. The van der Waals surface area contributed by atoms with Crippen LogP contribution in [0.25, 0.3) is 0 Å². The Kier molecular flexibility index (Phi) is 4.30. The van der Waals surface area contributed by atoms with Crippen LogP contribution in [0.3, 0.4) is 0 Å². The third kappa shape index (κ3) is 3.18. The molecule has 0 aliphatic heterocycles. The number of carbonyl (C=O) groups is 1. The molecule has 0 radical (unpaired) electrons. The molecule has 0 unspecified atom stereocenters. The van der Waals surface area contributed by atoms with Gasteiger partial charge in [-0.3, -0.25) is 9.78 Å². The van der Waals surface area contributed by atoms with E-state index in [4.69, 9.17) is 40.5 Å². The highest BCUT2D eigenvalue weighted by atomic mass is 35.5. The van der Waals surface area contributed by atoms with E-state index in [2.05, 4.69) is 4.98 Å². The summed E-state index contributed by atoms with van der Waals surface area (Å²) in [6.45, 7) is 0. The number of benzene rings is 1. The number of Topliss-reactive ketones (excluding diaryl/α,β-unsaturated/α-hetero) is 1. The van der Waals surface area contributed by atoms with Crippen LogP contribution in [0.2, 0.25) is 15.1 Å². The molecule has 2 rings (SSSR count). The van der Waals surface area contributed by atoms with Crippen LogP contribution in [0.15, 0.2) is 30.6 Å². The minimum Gasteiger partial charge on any atom is -0.396 e. The first kappa shape index (κ1) is 14.1. The molecule has 2 N–H and O–H groups in total. The maximum absolute atomic E-state index is 12.1. The summed E-state index contributed by atoms with van der Waals surface area (Å²) in [5, 5.41) is 0.969. The van der Waals surface area contributed by atoms with E-state index in [1.165, 1.54) is 18.3 Å². The molecule has 98 valence electrons. The lowest BCUT2D eigenvalue weighted by molar-refractivity contribution is 0.0993. The van der Waals surface area contributed by atoms with Crippen molar-refractivity contribution in [3.63, 3.8) is 0 Å². The average Bonchev–Trinajstić information content (AvgIpc) is 2.38. The summed E-state index contributed by atoms with van der Waals surface area (Å²) in [7, 11) is 0. The fourth-order valence-electron chi connectivity index (χ4n) is 1.57. The molecule has 3 nitrogen and oxygen atoms in total. The molecular formula is C13H9Cl3N2O. The molecular weight excluding hydrogens is 307 g/mol. The van der Waals surface area contributed by atoms with E-state index in [-0.39, 0.29) is 27.9 Å². The van der Waals surface area contributed by atoms with E-state index in [1.54, 1.807) is 12.3 Å². The van der Waals surface area contributed by atoms with Crippen molar-refractivity contribution in [3.8, 4) is 0 Å². The summed E-state index contributed by atoms with van der Waals surface area (Å²) in [5.74, 6) is -0.142. The van der Waals surface area contributed by atoms with Crippen molar-refractivity contribution in [1.29, 1.82) is 0 Å². The third-order valence-corrected chi connectivity index (χ3v) is 3.57. The molecule has 0 bridgehead atoms. The summed E-state index contributed by atoms with van der Waals surface area (Å²) >= 11 is 17.8. The number of hydrogen-bond donors (Lipinski definition) is 1. The Labute approximate surface area is 125 Å². The first-order valence-corrected chi connectivity index (χ1v) is 6.48. The second-order valence-electron chi connectivity index (χ2n) is 3.92. The van der Waals surface area contributed by atoms with Gasteiger partial charge < -0.3 is 5.73 Å². The van der Waals surface area contributed by atoms with Gasteiger partial charge >= 0.3 is 0 Å². The Balaban J connectivity index is 2.28. The topological polar surface area (TPSA) is 56.0 Å². The monoisotopic (exact) mass is 314 g/mol. The van der Waals surface area contributed by atoms with Gasteiger partial charge in [-0.1, -0.05) is 34.8 Å². The van der Waals surface area contributed by atoms with Gasteiger partial charge in [0.2, 0.25) is 0 Å². The maximum atomic E-state index is 12.1. The molecule has 1 aromatic heterocycles. The Morgan fingerprint density at radius 1 is 1.16 bits per heavy atom. The third-order valence-electron chi connectivity index (χ3n) is 2.61. The predicted molar refractivity (Wildman–Crippen MR) is 78.2 cm³/mol. The lowest BCUT2D eigenvalue weighted by Gasteiger charge is -2.06. The van der Waals surface area contributed by atoms with Crippen molar-refractivity contribution in [2.45, 2.75) is 6.42 Å². The van der Waals surface area contributed by atoms with Gasteiger partial charge in [-0.25, -0.2) is 0 Å². The Bertz CT molecular complexity index is 621. The molecule has 0 amide bonds. The van der Waals surface area contributed by atoms with Crippen molar-refractivity contribution < 1.29 is 4.79 Å². The van der Waals surface area contributed by atoms with Gasteiger partial charge in [0.25, 0.3) is 0 Å². The number of carbonyl (C=O) groups excluding carboxylic acids is 1. The van der Waals surface area contributed by atoms with E-state index < -0.39 is 0 Å². The summed E-state index contributed by atoms with van der Waals surface area (Å²) in [5.41, 5.74) is 6.99. The van der Waals surface area contributed by atoms with Gasteiger partial charge in [-0.2, -0.15) is 0 Å². The Hall–Kier alpha value is -1.29. The molecule has 1 aromatic carbocycles. The highest BCUT2D eigenvalue weighted by molar-refractivity contribution is 6.39. The van der Waals surface area contributed by atoms with Crippen LogP contribution < -0.4 is 5.73 Å². The lowest BCUT2D eigenvalue weighted by atomic mass is 10.0. The van der Waals surface area contributed by atoms with Crippen LogP contribution >= 0.6 is 34.8 Å². The number of rotatable bonds is 3. The zero-order valence-electron chi connectivity index (χ0n) is 9.66. The highest BCUT2D eigenvalue weighted by Crippen LogP contribution is 2.29. The Morgan fingerprint density at radius 2 is 1.79 bits per heavy atom.